The molecule has 0 heterocycles. The molecule has 3 aliphatic carbocycles. The highest BCUT2D eigenvalue weighted by Gasteiger charge is 2.61. The first-order chi connectivity index (χ1) is 11.8. The molecule has 0 aromatic rings. The zero-order valence-corrected chi connectivity index (χ0v) is 17.0. The first-order valence-electron chi connectivity index (χ1n) is 10.3. The summed E-state index contributed by atoms with van der Waals surface area (Å²) >= 11 is 0. The van der Waals surface area contributed by atoms with Crippen LogP contribution in [0, 0.1) is 28.1 Å². The van der Waals surface area contributed by atoms with E-state index in [1.54, 1.807) is 0 Å². The van der Waals surface area contributed by atoms with Crippen LogP contribution in [0.15, 0.2) is 11.6 Å². The Bertz CT molecular complexity index is 552. The maximum atomic E-state index is 13.5. The summed E-state index contributed by atoms with van der Waals surface area (Å²) in [5.41, 5.74) is 1.83. The lowest BCUT2D eigenvalue weighted by Crippen LogP contribution is -2.60. The SMILES string of the molecule is CNCC1=CCC2C(CNC)(CCC3C(C)(C)CCCC32C)C(=O)C1. The fourth-order valence-electron chi connectivity index (χ4n) is 7.07. The van der Waals surface area contributed by atoms with Crippen molar-refractivity contribution in [1.29, 1.82) is 0 Å². The fourth-order valence-corrected chi connectivity index (χ4v) is 7.07. The van der Waals surface area contributed by atoms with Crippen LogP contribution in [-0.4, -0.2) is 33.0 Å². The second kappa shape index (κ2) is 6.81. The molecular formula is C22H38N2O. The van der Waals surface area contributed by atoms with E-state index in [0.717, 1.165) is 31.8 Å². The average molecular weight is 347 g/mol. The molecule has 0 amide bonds. The van der Waals surface area contributed by atoms with Gasteiger partial charge in [0.05, 0.1) is 0 Å². The number of carbonyl (C=O) groups excluding carboxylic acids is 1. The molecule has 142 valence electrons. The molecule has 0 bridgehead atoms. The predicted molar refractivity (Wildman–Crippen MR) is 105 cm³/mol. The predicted octanol–water partition coefficient (Wildman–Crippen LogP) is 3.94. The van der Waals surface area contributed by atoms with Gasteiger partial charge in [0.25, 0.3) is 0 Å². The number of allylic oxidation sites excluding steroid dienone is 1. The summed E-state index contributed by atoms with van der Waals surface area (Å²) in [6.07, 6.45) is 10.4. The number of carbonyl (C=O) groups is 1. The Hall–Kier alpha value is -0.670. The van der Waals surface area contributed by atoms with Crippen molar-refractivity contribution < 1.29 is 4.79 Å². The molecule has 0 saturated heterocycles. The van der Waals surface area contributed by atoms with E-state index >= 15 is 0 Å². The topological polar surface area (TPSA) is 41.1 Å². The first-order valence-corrected chi connectivity index (χ1v) is 10.3. The van der Waals surface area contributed by atoms with E-state index in [-0.39, 0.29) is 10.8 Å². The minimum absolute atomic E-state index is 0.167. The molecule has 3 rings (SSSR count). The molecule has 3 nitrogen and oxygen atoms in total. The fraction of sp³-hybridized carbons (Fsp3) is 0.864. The van der Waals surface area contributed by atoms with Gasteiger partial charge < -0.3 is 10.6 Å². The van der Waals surface area contributed by atoms with Crippen molar-refractivity contribution >= 4 is 5.78 Å². The lowest BCUT2D eigenvalue weighted by Gasteiger charge is -2.62. The Labute approximate surface area is 154 Å². The van der Waals surface area contributed by atoms with Crippen LogP contribution in [0.4, 0.5) is 0 Å². The Kier molecular flexibility index (Phi) is 5.20. The van der Waals surface area contributed by atoms with Gasteiger partial charge in [0.2, 0.25) is 0 Å². The largest absolute Gasteiger partial charge is 0.319 e. The summed E-state index contributed by atoms with van der Waals surface area (Å²) < 4.78 is 0. The monoisotopic (exact) mass is 346 g/mol. The maximum absolute atomic E-state index is 13.5. The van der Waals surface area contributed by atoms with E-state index in [0.29, 0.717) is 23.5 Å². The van der Waals surface area contributed by atoms with Crippen molar-refractivity contribution in [3.8, 4) is 0 Å². The van der Waals surface area contributed by atoms with Crippen LogP contribution in [0.3, 0.4) is 0 Å². The highest BCUT2D eigenvalue weighted by atomic mass is 16.1. The normalized spacial score (nSPS) is 40.7. The average Bonchev–Trinajstić information content (AvgIpc) is 2.66. The molecule has 2 N–H and O–H groups in total. The van der Waals surface area contributed by atoms with Gasteiger partial charge in [-0.15, -0.1) is 0 Å². The smallest absolute Gasteiger partial charge is 0.144 e. The van der Waals surface area contributed by atoms with E-state index in [4.69, 9.17) is 0 Å². The zero-order chi connectivity index (χ0) is 18.3. The highest BCUT2D eigenvalue weighted by Crippen LogP contribution is 2.65. The summed E-state index contributed by atoms with van der Waals surface area (Å²) in [6.45, 7) is 9.17. The van der Waals surface area contributed by atoms with Crippen LogP contribution < -0.4 is 10.6 Å². The second-order valence-electron chi connectivity index (χ2n) is 9.91. The highest BCUT2D eigenvalue weighted by molar-refractivity contribution is 5.88. The summed E-state index contributed by atoms with van der Waals surface area (Å²) in [5.74, 6) is 1.72. The first kappa shape index (κ1) is 19.1. The standard InChI is InChI=1S/C22H38N2O/c1-20(2)10-6-11-21(3)17(20)9-12-22(15-24-5)18(21)8-7-16(14-23-4)13-19(22)25/h7,17-18,23-24H,6,8-15H2,1-5H3. The number of hydrogen-bond donors (Lipinski definition) is 2. The molecular weight excluding hydrogens is 308 g/mol. The number of ketones is 1. The Morgan fingerprint density at radius 3 is 2.52 bits per heavy atom. The van der Waals surface area contributed by atoms with Crippen molar-refractivity contribution in [2.45, 2.75) is 65.7 Å². The van der Waals surface area contributed by atoms with E-state index in [1.165, 1.54) is 31.3 Å². The van der Waals surface area contributed by atoms with Crippen LogP contribution in [0.1, 0.15) is 65.7 Å². The van der Waals surface area contributed by atoms with Crippen LogP contribution >= 0.6 is 0 Å². The lowest BCUT2D eigenvalue weighted by atomic mass is 9.42. The van der Waals surface area contributed by atoms with Crippen LogP contribution in [0.5, 0.6) is 0 Å². The zero-order valence-electron chi connectivity index (χ0n) is 17.0. The van der Waals surface area contributed by atoms with Crippen molar-refractivity contribution in [3.63, 3.8) is 0 Å². The Morgan fingerprint density at radius 2 is 1.84 bits per heavy atom. The molecule has 0 aliphatic heterocycles. The van der Waals surface area contributed by atoms with Gasteiger partial charge in [0.1, 0.15) is 5.78 Å². The number of likely N-dealkylation sites (N-methyl/N-ethyl adjacent to an activating group) is 1. The molecule has 0 radical (unpaired) electrons. The molecule has 2 saturated carbocycles. The van der Waals surface area contributed by atoms with Gasteiger partial charge in [0, 0.05) is 24.9 Å². The number of hydrogen-bond acceptors (Lipinski definition) is 3. The summed E-state index contributed by atoms with van der Waals surface area (Å²) in [6, 6.07) is 0. The Morgan fingerprint density at radius 1 is 1.08 bits per heavy atom. The van der Waals surface area contributed by atoms with Gasteiger partial charge in [-0.25, -0.2) is 0 Å². The van der Waals surface area contributed by atoms with Gasteiger partial charge >= 0.3 is 0 Å². The van der Waals surface area contributed by atoms with Crippen molar-refractivity contribution in [1.82, 2.24) is 10.6 Å². The van der Waals surface area contributed by atoms with E-state index in [2.05, 4.69) is 37.5 Å². The number of rotatable bonds is 4. The third kappa shape index (κ3) is 3.02. The minimum Gasteiger partial charge on any atom is -0.319 e. The van der Waals surface area contributed by atoms with E-state index in [1.807, 2.05) is 14.1 Å². The minimum atomic E-state index is -0.167. The van der Waals surface area contributed by atoms with Crippen molar-refractivity contribution in [2.24, 2.45) is 28.1 Å². The third-order valence-electron chi connectivity index (χ3n) is 8.10. The molecule has 2 fully saturated rings. The van der Waals surface area contributed by atoms with Crippen LogP contribution in [0.25, 0.3) is 0 Å². The number of Topliss-reactive ketones (excluding diaryl/α,β-unsaturated/α-hetero) is 1. The Balaban J connectivity index is 2.04. The molecule has 4 unspecified atom stereocenters. The lowest BCUT2D eigenvalue weighted by molar-refractivity contribution is -0.158. The number of fused-ring (bicyclic) bond motifs is 3. The molecule has 3 heteroatoms. The van der Waals surface area contributed by atoms with Crippen molar-refractivity contribution in [3.05, 3.63) is 11.6 Å². The molecule has 4 atom stereocenters. The van der Waals surface area contributed by atoms with E-state index < -0.39 is 0 Å². The van der Waals surface area contributed by atoms with Crippen LogP contribution in [-0.2, 0) is 4.79 Å². The summed E-state index contributed by atoms with van der Waals surface area (Å²) in [4.78, 5) is 13.5. The number of nitrogens with one attached hydrogen (secondary N) is 2. The molecule has 0 aromatic carbocycles. The quantitative estimate of drug-likeness (QED) is 0.758. The molecule has 0 spiro atoms. The van der Waals surface area contributed by atoms with Crippen LogP contribution in [0.2, 0.25) is 0 Å². The second-order valence-corrected chi connectivity index (χ2v) is 9.91. The summed E-state index contributed by atoms with van der Waals surface area (Å²) in [5, 5.41) is 6.66. The molecule has 25 heavy (non-hydrogen) atoms. The van der Waals surface area contributed by atoms with Gasteiger partial charge in [-0.05, 0) is 68.9 Å². The van der Waals surface area contributed by atoms with Crippen molar-refractivity contribution in [2.75, 3.05) is 27.2 Å². The summed E-state index contributed by atoms with van der Waals surface area (Å²) in [7, 11) is 4.00. The molecule has 0 aromatic heterocycles. The van der Waals surface area contributed by atoms with Gasteiger partial charge in [-0.3, -0.25) is 4.79 Å². The van der Waals surface area contributed by atoms with Gasteiger partial charge in [0.15, 0.2) is 0 Å². The third-order valence-corrected chi connectivity index (χ3v) is 8.10. The van der Waals surface area contributed by atoms with Gasteiger partial charge in [-0.1, -0.05) is 38.8 Å². The van der Waals surface area contributed by atoms with Gasteiger partial charge in [-0.2, -0.15) is 0 Å². The maximum Gasteiger partial charge on any atom is 0.144 e. The molecule has 3 aliphatic rings. The van der Waals surface area contributed by atoms with E-state index in [9.17, 15) is 4.79 Å².